The lowest BCUT2D eigenvalue weighted by Crippen LogP contribution is -2.41. The number of carboxylic acids is 1. The summed E-state index contributed by atoms with van der Waals surface area (Å²) < 4.78 is 1.96. The minimum Gasteiger partial charge on any atom is -0.480 e. The molecule has 0 aliphatic heterocycles. The Balaban J connectivity index is 2.00. The zero-order valence-electron chi connectivity index (χ0n) is 17.5. The number of aromatic nitrogens is 2. The van der Waals surface area contributed by atoms with Crippen molar-refractivity contribution in [3.05, 3.63) is 52.3 Å². The molecule has 2 rings (SSSR count). The maximum Gasteiger partial charge on any atom is 0.326 e. The molecule has 1 aromatic heterocycles. The number of amides is 1. The number of carbonyl (C=O) groups excluding carboxylic acids is 1. The number of rotatable bonds is 9. The van der Waals surface area contributed by atoms with Gasteiger partial charge in [-0.2, -0.15) is 5.10 Å². The second-order valence-corrected chi connectivity index (χ2v) is 7.88. The molecule has 0 fully saturated rings. The molecule has 6 heteroatoms. The number of benzene rings is 1. The molecule has 0 aliphatic rings. The Kier molecular flexibility index (Phi) is 7.38. The van der Waals surface area contributed by atoms with E-state index in [9.17, 15) is 14.7 Å². The molecule has 0 radical (unpaired) electrons. The maximum atomic E-state index is 12.3. The van der Waals surface area contributed by atoms with E-state index in [1.54, 1.807) is 0 Å². The van der Waals surface area contributed by atoms with Gasteiger partial charge in [0.2, 0.25) is 5.91 Å². The van der Waals surface area contributed by atoms with Crippen LogP contribution < -0.4 is 5.32 Å². The van der Waals surface area contributed by atoms with Gasteiger partial charge in [-0.05, 0) is 50.7 Å². The van der Waals surface area contributed by atoms with Gasteiger partial charge in [0.15, 0.2) is 0 Å². The van der Waals surface area contributed by atoms with Crippen LogP contribution in [0.4, 0.5) is 0 Å². The van der Waals surface area contributed by atoms with Crippen molar-refractivity contribution in [2.45, 2.75) is 66.5 Å². The van der Waals surface area contributed by atoms with Gasteiger partial charge >= 0.3 is 5.97 Å². The van der Waals surface area contributed by atoms with Gasteiger partial charge in [0.1, 0.15) is 6.04 Å². The molecule has 0 unspecified atom stereocenters. The third-order valence-corrected chi connectivity index (χ3v) is 4.93. The van der Waals surface area contributed by atoms with Crippen LogP contribution in [0, 0.1) is 26.7 Å². The van der Waals surface area contributed by atoms with Crippen LogP contribution in [-0.2, 0) is 22.6 Å². The van der Waals surface area contributed by atoms with Crippen LogP contribution >= 0.6 is 0 Å². The Labute approximate surface area is 167 Å². The fourth-order valence-corrected chi connectivity index (χ4v) is 3.31. The van der Waals surface area contributed by atoms with Crippen LogP contribution in [0.25, 0.3) is 0 Å². The van der Waals surface area contributed by atoms with Crippen LogP contribution in [-0.4, -0.2) is 32.8 Å². The average Bonchev–Trinajstić information content (AvgIpc) is 2.87. The number of hydrogen-bond donors (Lipinski definition) is 2. The number of aryl methyl sites for hydroxylation is 2. The van der Waals surface area contributed by atoms with Gasteiger partial charge in [0.25, 0.3) is 0 Å². The molecule has 0 aliphatic carbocycles. The molecule has 1 heterocycles. The van der Waals surface area contributed by atoms with Crippen molar-refractivity contribution in [3.63, 3.8) is 0 Å². The summed E-state index contributed by atoms with van der Waals surface area (Å²) in [5.74, 6) is -1.02. The molecule has 0 bridgehead atoms. The maximum absolute atomic E-state index is 12.3. The fourth-order valence-electron chi connectivity index (χ4n) is 3.31. The molecule has 0 spiro atoms. The first kappa shape index (κ1) is 21.7. The van der Waals surface area contributed by atoms with Gasteiger partial charge in [0, 0.05) is 12.1 Å². The Morgan fingerprint density at radius 1 is 1.14 bits per heavy atom. The molecule has 1 atom stereocenters. The highest BCUT2D eigenvalue weighted by Gasteiger charge is 2.21. The summed E-state index contributed by atoms with van der Waals surface area (Å²) in [6.45, 7) is 10.6. The molecule has 6 nitrogen and oxygen atoms in total. The molecule has 2 N–H and O–H groups in total. The van der Waals surface area contributed by atoms with Crippen LogP contribution in [0.15, 0.2) is 24.3 Å². The summed E-state index contributed by atoms with van der Waals surface area (Å²) in [4.78, 5) is 23.6. The van der Waals surface area contributed by atoms with Gasteiger partial charge in [-0.25, -0.2) is 4.79 Å². The van der Waals surface area contributed by atoms with Gasteiger partial charge < -0.3 is 10.4 Å². The van der Waals surface area contributed by atoms with Gasteiger partial charge in [-0.3, -0.25) is 9.48 Å². The van der Waals surface area contributed by atoms with Crippen molar-refractivity contribution in [2.24, 2.45) is 5.92 Å². The van der Waals surface area contributed by atoms with Crippen molar-refractivity contribution >= 4 is 11.9 Å². The highest BCUT2D eigenvalue weighted by atomic mass is 16.4. The molecule has 1 amide bonds. The highest BCUT2D eigenvalue weighted by Crippen LogP contribution is 2.17. The van der Waals surface area contributed by atoms with E-state index in [1.165, 1.54) is 11.1 Å². The zero-order chi connectivity index (χ0) is 20.8. The summed E-state index contributed by atoms with van der Waals surface area (Å²) in [5.41, 5.74) is 5.41. The first-order chi connectivity index (χ1) is 13.2. The van der Waals surface area contributed by atoms with E-state index in [-0.39, 0.29) is 18.2 Å². The molecule has 0 saturated carbocycles. The monoisotopic (exact) mass is 385 g/mol. The third kappa shape index (κ3) is 5.94. The summed E-state index contributed by atoms with van der Waals surface area (Å²) in [6.07, 6.45) is 1.22. The van der Waals surface area contributed by atoms with Crippen LogP contribution in [0.5, 0.6) is 0 Å². The zero-order valence-corrected chi connectivity index (χ0v) is 17.5. The SMILES string of the molecule is Cc1ccc(Cn2nc(C)c(CCC(=O)N[C@@H](CC(C)C)C(=O)O)c2C)cc1. The second kappa shape index (κ2) is 9.53. The van der Waals surface area contributed by atoms with Gasteiger partial charge in [-0.15, -0.1) is 0 Å². The minimum absolute atomic E-state index is 0.200. The number of nitrogens with zero attached hydrogens (tertiary/aromatic N) is 2. The van der Waals surface area contributed by atoms with E-state index in [0.717, 1.165) is 17.0 Å². The number of hydrogen-bond acceptors (Lipinski definition) is 3. The molecule has 152 valence electrons. The fraction of sp³-hybridized carbons (Fsp3) is 0.500. The standard InChI is InChI=1S/C22H31N3O3/c1-14(2)12-20(22(27)28)23-21(26)11-10-19-16(4)24-25(17(19)5)13-18-8-6-15(3)7-9-18/h6-9,14,20H,10-13H2,1-5H3,(H,23,26)(H,27,28)/t20-/m0/s1. The Morgan fingerprint density at radius 3 is 2.36 bits per heavy atom. The number of carbonyl (C=O) groups is 2. The van der Waals surface area contributed by atoms with Gasteiger partial charge in [-0.1, -0.05) is 43.7 Å². The van der Waals surface area contributed by atoms with E-state index in [4.69, 9.17) is 0 Å². The van der Waals surface area contributed by atoms with Crippen LogP contribution in [0.3, 0.4) is 0 Å². The number of aliphatic carboxylic acids is 1. The second-order valence-electron chi connectivity index (χ2n) is 7.88. The van der Waals surface area contributed by atoms with Crippen molar-refractivity contribution in [3.8, 4) is 0 Å². The topological polar surface area (TPSA) is 84.2 Å². The van der Waals surface area contributed by atoms with Crippen LogP contribution in [0.1, 0.15) is 54.8 Å². The summed E-state index contributed by atoms with van der Waals surface area (Å²) in [7, 11) is 0. The van der Waals surface area contributed by atoms with E-state index in [0.29, 0.717) is 19.4 Å². The third-order valence-electron chi connectivity index (χ3n) is 4.93. The predicted molar refractivity (Wildman–Crippen MR) is 109 cm³/mol. The van der Waals surface area contributed by atoms with Crippen molar-refractivity contribution in [2.75, 3.05) is 0 Å². The first-order valence-corrected chi connectivity index (χ1v) is 9.78. The molecule has 1 aromatic carbocycles. The quantitative estimate of drug-likeness (QED) is 0.693. The van der Waals surface area contributed by atoms with Crippen molar-refractivity contribution < 1.29 is 14.7 Å². The number of carboxylic acid groups (broad SMARTS) is 1. The normalized spacial score (nSPS) is 12.2. The Morgan fingerprint density at radius 2 is 1.79 bits per heavy atom. The number of nitrogens with one attached hydrogen (secondary N) is 1. The van der Waals surface area contributed by atoms with E-state index in [2.05, 4.69) is 41.6 Å². The largest absolute Gasteiger partial charge is 0.480 e. The Bertz CT molecular complexity index is 822. The van der Waals surface area contributed by atoms with Gasteiger partial charge in [0.05, 0.1) is 12.2 Å². The predicted octanol–water partition coefficient (Wildman–Crippen LogP) is 3.40. The van der Waals surface area contributed by atoms with E-state index >= 15 is 0 Å². The van der Waals surface area contributed by atoms with Crippen molar-refractivity contribution in [1.82, 2.24) is 15.1 Å². The summed E-state index contributed by atoms with van der Waals surface area (Å²) in [5, 5.41) is 16.5. The van der Waals surface area contributed by atoms with E-state index in [1.807, 2.05) is 32.4 Å². The average molecular weight is 386 g/mol. The summed E-state index contributed by atoms with van der Waals surface area (Å²) >= 11 is 0. The lowest BCUT2D eigenvalue weighted by atomic mass is 10.0. The molecular weight excluding hydrogens is 354 g/mol. The molecule has 2 aromatic rings. The first-order valence-electron chi connectivity index (χ1n) is 9.78. The lowest BCUT2D eigenvalue weighted by molar-refractivity contribution is -0.142. The van der Waals surface area contributed by atoms with Crippen molar-refractivity contribution in [1.29, 1.82) is 0 Å². The molecular formula is C22H31N3O3. The minimum atomic E-state index is -0.986. The smallest absolute Gasteiger partial charge is 0.326 e. The van der Waals surface area contributed by atoms with Crippen LogP contribution in [0.2, 0.25) is 0 Å². The molecule has 0 saturated heterocycles. The molecule has 28 heavy (non-hydrogen) atoms. The highest BCUT2D eigenvalue weighted by molar-refractivity contribution is 5.83. The summed E-state index contributed by atoms with van der Waals surface area (Å²) in [6, 6.07) is 7.53. The lowest BCUT2D eigenvalue weighted by Gasteiger charge is -2.16. The van der Waals surface area contributed by atoms with E-state index < -0.39 is 12.0 Å². The Hall–Kier alpha value is -2.63.